The van der Waals surface area contributed by atoms with Crippen molar-refractivity contribution < 1.29 is 13.2 Å². The first-order valence-electron chi connectivity index (χ1n) is 5.28. The van der Waals surface area contributed by atoms with E-state index in [0.29, 0.717) is 10.6 Å². The lowest BCUT2D eigenvalue weighted by Crippen LogP contribution is -2.40. The van der Waals surface area contributed by atoms with E-state index in [-0.39, 0.29) is 17.4 Å². The maximum atomic E-state index is 11.9. The SMILES string of the molecule is O=C(NC1CS(=O)(=O)CC1Cl)c1cccc(Cl)c1. The van der Waals surface area contributed by atoms with Crippen LogP contribution in [0.3, 0.4) is 0 Å². The second-order valence-corrected chi connectivity index (χ2v) is 7.33. The summed E-state index contributed by atoms with van der Waals surface area (Å²) in [4.78, 5) is 11.9. The van der Waals surface area contributed by atoms with Crippen molar-refractivity contribution in [1.29, 1.82) is 0 Å². The first kappa shape index (κ1) is 13.6. The molecule has 1 amide bonds. The first-order chi connectivity index (χ1) is 8.37. The van der Waals surface area contributed by atoms with Crippen molar-refractivity contribution in [3.8, 4) is 0 Å². The fourth-order valence-corrected chi connectivity index (χ4v) is 4.56. The van der Waals surface area contributed by atoms with Crippen molar-refractivity contribution in [2.45, 2.75) is 11.4 Å². The van der Waals surface area contributed by atoms with Gasteiger partial charge in [0.25, 0.3) is 5.91 Å². The number of carbonyl (C=O) groups is 1. The van der Waals surface area contributed by atoms with Crippen LogP contribution in [0.1, 0.15) is 10.4 Å². The minimum atomic E-state index is -3.15. The van der Waals surface area contributed by atoms with Crippen molar-refractivity contribution in [3.63, 3.8) is 0 Å². The van der Waals surface area contributed by atoms with Gasteiger partial charge in [-0.1, -0.05) is 17.7 Å². The van der Waals surface area contributed by atoms with Gasteiger partial charge in [0, 0.05) is 10.6 Å². The van der Waals surface area contributed by atoms with Crippen LogP contribution in [-0.4, -0.2) is 37.2 Å². The van der Waals surface area contributed by atoms with Gasteiger partial charge in [-0.25, -0.2) is 8.42 Å². The quantitative estimate of drug-likeness (QED) is 0.842. The van der Waals surface area contributed by atoms with Gasteiger partial charge in [-0.3, -0.25) is 4.79 Å². The maximum Gasteiger partial charge on any atom is 0.251 e. The minimum Gasteiger partial charge on any atom is -0.347 e. The maximum absolute atomic E-state index is 11.9. The van der Waals surface area contributed by atoms with Crippen LogP contribution in [-0.2, 0) is 9.84 Å². The molecule has 1 aliphatic heterocycles. The van der Waals surface area contributed by atoms with Crippen molar-refractivity contribution in [2.24, 2.45) is 0 Å². The molecule has 0 spiro atoms. The van der Waals surface area contributed by atoms with Gasteiger partial charge in [0.2, 0.25) is 0 Å². The number of hydrogen-bond acceptors (Lipinski definition) is 3. The van der Waals surface area contributed by atoms with E-state index in [1.54, 1.807) is 18.2 Å². The van der Waals surface area contributed by atoms with Crippen LogP contribution in [0.5, 0.6) is 0 Å². The minimum absolute atomic E-state index is 0.102. The number of amides is 1. The van der Waals surface area contributed by atoms with Crippen LogP contribution in [0, 0.1) is 0 Å². The Labute approximate surface area is 115 Å². The fraction of sp³-hybridized carbons (Fsp3) is 0.364. The van der Waals surface area contributed by atoms with Crippen LogP contribution < -0.4 is 5.32 Å². The van der Waals surface area contributed by atoms with Gasteiger partial charge in [-0.2, -0.15) is 0 Å². The third-order valence-corrected chi connectivity index (χ3v) is 5.30. The number of hydrogen-bond donors (Lipinski definition) is 1. The number of halogens is 2. The Morgan fingerprint density at radius 3 is 2.61 bits per heavy atom. The normalized spacial score (nSPS) is 25.9. The molecule has 1 heterocycles. The molecule has 2 atom stereocenters. The molecule has 1 N–H and O–H groups in total. The molecule has 4 nitrogen and oxygen atoms in total. The zero-order valence-electron chi connectivity index (χ0n) is 9.27. The van der Waals surface area contributed by atoms with Crippen molar-refractivity contribution in [2.75, 3.05) is 11.5 Å². The molecule has 0 saturated carbocycles. The van der Waals surface area contributed by atoms with E-state index in [1.807, 2.05) is 0 Å². The molecule has 2 unspecified atom stereocenters. The van der Waals surface area contributed by atoms with E-state index in [4.69, 9.17) is 23.2 Å². The Bertz CT molecular complexity index is 573. The summed E-state index contributed by atoms with van der Waals surface area (Å²) in [5, 5.41) is 2.48. The van der Waals surface area contributed by atoms with Gasteiger partial charge in [-0.15, -0.1) is 11.6 Å². The van der Waals surface area contributed by atoms with E-state index in [1.165, 1.54) is 6.07 Å². The molecule has 1 aromatic carbocycles. The Hall–Kier alpha value is -0.780. The number of benzene rings is 1. The summed E-state index contributed by atoms with van der Waals surface area (Å²) in [5.74, 6) is -0.590. The molecule has 98 valence electrons. The number of rotatable bonds is 2. The van der Waals surface area contributed by atoms with Gasteiger partial charge in [0.1, 0.15) is 0 Å². The summed E-state index contributed by atoms with van der Waals surface area (Å²) >= 11 is 11.7. The molecule has 18 heavy (non-hydrogen) atoms. The molecule has 1 aliphatic rings. The Kier molecular flexibility index (Phi) is 3.84. The van der Waals surface area contributed by atoms with Crippen LogP contribution >= 0.6 is 23.2 Å². The Balaban J connectivity index is 2.09. The summed E-state index contributed by atoms with van der Waals surface area (Å²) in [6.07, 6.45) is 0. The second-order valence-electron chi connectivity index (χ2n) is 4.18. The summed E-state index contributed by atoms with van der Waals surface area (Å²) in [6.45, 7) is 0. The summed E-state index contributed by atoms with van der Waals surface area (Å²) in [6, 6.07) is 5.88. The number of alkyl halides is 1. The highest BCUT2D eigenvalue weighted by atomic mass is 35.5. The van der Waals surface area contributed by atoms with Gasteiger partial charge in [0.15, 0.2) is 9.84 Å². The monoisotopic (exact) mass is 307 g/mol. The molecule has 1 aromatic rings. The molecule has 7 heteroatoms. The molecule has 1 saturated heterocycles. The second kappa shape index (κ2) is 5.07. The molecule has 1 fully saturated rings. The zero-order chi connectivity index (χ0) is 13.3. The van der Waals surface area contributed by atoms with E-state index in [2.05, 4.69) is 5.32 Å². The van der Waals surface area contributed by atoms with Crippen LogP contribution in [0.25, 0.3) is 0 Å². The Morgan fingerprint density at radius 1 is 1.33 bits per heavy atom. The number of sulfone groups is 1. The topological polar surface area (TPSA) is 63.2 Å². The lowest BCUT2D eigenvalue weighted by molar-refractivity contribution is 0.0941. The highest BCUT2D eigenvalue weighted by Gasteiger charge is 2.37. The van der Waals surface area contributed by atoms with Gasteiger partial charge in [0.05, 0.1) is 22.9 Å². The largest absolute Gasteiger partial charge is 0.347 e. The zero-order valence-corrected chi connectivity index (χ0v) is 11.6. The summed E-state index contributed by atoms with van der Waals surface area (Å²) in [5.41, 5.74) is 0.385. The lowest BCUT2D eigenvalue weighted by atomic mass is 10.2. The predicted octanol–water partition coefficient (Wildman–Crippen LogP) is 1.47. The third kappa shape index (κ3) is 3.16. The van der Waals surface area contributed by atoms with Gasteiger partial charge < -0.3 is 5.32 Å². The smallest absolute Gasteiger partial charge is 0.251 e. The molecule has 2 rings (SSSR count). The average Bonchev–Trinajstić information content (AvgIpc) is 2.51. The molecule has 0 aromatic heterocycles. The lowest BCUT2D eigenvalue weighted by Gasteiger charge is -2.14. The van der Waals surface area contributed by atoms with Crippen molar-refractivity contribution in [3.05, 3.63) is 34.9 Å². The van der Waals surface area contributed by atoms with E-state index in [9.17, 15) is 13.2 Å². The first-order valence-corrected chi connectivity index (χ1v) is 7.92. The molecule has 0 bridgehead atoms. The van der Waals surface area contributed by atoms with Gasteiger partial charge >= 0.3 is 0 Å². The predicted molar refractivity (Wildman–Crippen MR) is 71.0 cm³/mol. The summed E-state index contributed by atoms with van der Waals surface area (Å²) in [7, 11) is -3.15. The number of nitrogens with one attached hydrogen (secondary N) is 1. The van der Waals surface area contributed by atoms with Crippen molar-refractivity contribution in [1.82, 2.24) is 5.32 Å². The van der Waals surface area contributed by atoms with Crippen LogP contribution in [0.4, 0.5) is 0 Å². The molecule has 0 aliphatic carbocycles. The van der Waals surface area contributed by atoms with Gasteiger partial charge in [-0.05, 0) is 18.2 Å². The summed E-state index contributed by atoms with van der Waals surface area (Å²) < 4.78 is 22.7. The highest BCUT2D eigenvalue weighted by molar-refractivity contribution is 7.91. The standard InChI is InChI=1S/C11H11Cl2NO3S/c12-8-3-1-2-7(4-8)11(15)14-10-6-18(16,17)5-9(10)13/h1-4,9-10H,5-6H2,(H,14,15). The molecular weight excluding hydrogens is 297 g/mol. The number of carbonyl (C=O) groups excluding carboxylic acids is 1. The van der Waals surface area contributed by atoms with E-state index < -0.39 is 21.3 Å². The average molecular weight is 308 g/mol. The van der Waals surface area contributed by atoms with Crippen LogP contribution in [0.15, 0.2) is 24.3 Å². The van der Waals surface area contributed by atoms with Crippen molar-refractivity contribution >= 4 is 38.9 Å². The van der Waals surface area contributed by atoms with E-state index in [0.717, 1.165) is 0 Å². The highest BCUT2D eigenvalue weighted by Crippen LogP contribution is 2.19. The molecular formula is C11H11Cl2NO3S. The molecule has 0 radical (unpaired) electrons. The van der Waals surface area contributed by atoms with E-state index >= 15 is 0 Å². The fourth-order valence-electron chi connectivity index (χ4n) is 1.82. The van der Waals surface area contributed by atoms with Crippen LogP contribution in [0.2, 0.25) is 5.02 Å². The Morgan fingerprint density at radius 2 is 2.06 bits per heavy atom. The third-order valence-electron chi connectivity index (χ3n) is 2.69.